The molecule has 2 rings (SSSR count). The predicted molar refractivity (Wildman–Crippen MR) is 139 cm³/mol. The number of alkyl halides is 1. The molecule has 168 valence electrons. The predicted octanol–water partition coefficient (Wildman–Crippen LogP) is 8.77. The number of allylic oxidation sites excluding steroid dienone is 2. The molecule has 0 aromatic heterocycles. The summed E-state index contributed by atoms with van der Waals surface area (Å²) in [6.07, 6.45) is 8.06. The van der Waals surface area contributed by atoms with E-state index < -0.39 is 16.1 Å². The third-order valence-electron chi connectivity index (χ3n) is 9.68. The fraction of sp³-hybridized carbons (Fsp3) is 0.880. The largest absolute Gasteiger partial charge is 0.298 e. The van der Waals surface area contributed by atoms with Crippen molar-refractivity contribution in [3.63, 3.8) is 0 Å². The van der Waals surface area contributed by atoms with Gasteiger partial charge in [0.05, 0.1) is 20.5 Å². The van der Waals surface area contributed by atoms with Crippen molar-refractivity contribution in [2.24, 2.45) is 11.8 Å². The molecule has 1 nitrogen and oxygen atoms in total. The molecular formula is C25H47BrOSi2. The molecule has 2 aliphatic rings. The van der Waals surface area contributed by atoms with Gasteiger partial charge in [0.1, 0.15) is 5.78 Å². The van der Waals surface area contributed by atoms with Crippen molar-refractivity contribution in [1.82, 2.24) is 0 Å². The molecule has 0 amide bonds. The summed E-state index contributed by atoms with van der Waals surface area (Å²) in [6, 6.07) is 8.56. The Bertz CT molecular complexity index is 557. The van der Waals surface area contributed by atoms with E-state index in [1.54, 1.807) is 0 Å². The van der Waals surface area contributed by atoms with Crippen LogP contribution in [0.5, 0.6) is 0 Å². The number of hydrogen-bond donors (Lipinski definition) is 0. The highest BCUT2D eigenvalue weighted by atomic mass is 79.9. The lowest BCUT2D eigenvalue weighted by Gasteiger charge is -2.54. The number of fused-ring (bicyclic) bond motifs is 1. The van der Waals surface area contributed by atoms with Crippen LogP contribution in [0.2, 0.25) is 41.4 Å². The Hall–Kier alpha value is 0.324. The van der Waals surface area contributed by atoms with Crippen LogP contribution in [0, 0.1) is 11.8 Å². The first-order valence-corrected chi connectivity index (χ1v) is 18.9. The van der Waals surface area contributed by atoms with Crippen LogP contribution in [-0.4, -0.2) is 26.3 Å². The zero-order valence-electron chi connectivity index (χ0n) is 20.4. The molecule has 0 unspecified atom stereocenters. The van der Waals surface area contributed by atoms with Gasteiger partial charge >= 0.3 is 0 Å². The first-order chi connectivity index (χ1) is 13.8. The molecule has 3 atom stereocenters. The van der Waals surface area contributed by atoms with E-state index in [0.29, 0.717) is 17.6 Å². The van der Waals surface area contributed by atoms with Crippen molar-refractivity contribution in [2.75, 3.05) is 0 Å². The molecule has 29 heavy (non-hydrogen) atoms. The smallest absolute Gasteiger partial charge is 0.150 e. The van der Waals surface area contributed by atoms with Crippen molar-refractivity contribution < 1.29 is 4.79 Å². The van der Waals surface area contributed by atoms with Crippen molar-refractivity contribution >= 4 is 37.9 Å². The van der Waals surface area contributed by atoms with Gasteiger partial charge in [0.25, 0.3) is 0 Å². The highest BCUT2D eigenvalue weighted by Gasteiger charge is 2.56. The first kappa shape index (κ1) is 25.6. The second-order valence-corrected chi connectivity index (χ2v) is 22.8. The van der Waals surface area contributed by atoms with Gasteiger partial charge in [-0.3, -0.25) is 4.79 Å². The molecule has 0 N–H and O–H groups in total. The topological polar surface area (TPSA) is 17.1 Å². The Kier molecular flexibility index (Phi) is 9.08. The summed E-state index contributed by atoms with van der Waals surface area (Å²) >= 11 is 4.07. The van der Waals surface area contributed by atoms with E-state index in [9.17, 15) is 4.79 Å². The van der Waals surface area contributed by atoms with Crippen molar-refractivity contribution in [3.05, 3.63) is 11.6 Å². The quantitative estimate of drug-likeness (QED) is 0.167. The molecule has 1 saturated carbocycles. The minimum Gasteiger partial charge on any atom is -0.298 e. The highest BCUT2D eigenvalue weighted by molar-refractivity contribution is 9.10. The van der Waals surface area contributed by atoms with Crippen LogP contribution in [0.25, 0.3) is 0 Å². The second-order valence-electron chi connectivity index (χ2n) is 10.0. The fourth-order valence-corrected chi connectivity index (χ4v) is 24.8. The molecule has 0 saturated heterocycles. The standard InChI is InChI=1S/C25H47BrOSi2/c1-8-21-18-20(19-22-16-15-17-23(27)25(21,22)26)24(28(9-2,10-3)11-4)29(12-5,13-6)14-7/h18,21-22,24H,8-17,19H2,1-7H3/t21-,22-,25-/m0/s1. The minimum atomic E-state index is -1.38. The molecule has 0 aliphatic heterocycles. The molecule has 0 aromatic carbocycles. The van der Waals surface area contributed by atoms with Gasteiger partial charge in [-0.2, -0.15) is 0 Å². The molecule has 0 spiro atoms. The SMILES string of the molecule is CC[C@H]1C=C(C([Si](CC)(CC)CC)[Si](CC)(CC)CC)C[C@@H]2CCCC(=O)[C@@]21Br. The Morgan fingerprint density at radius 1 is 0.966 bits per heavy atom. The summed E-state index contributed by atoms with van der Waals surface area (Å²) in [5, 5.41) is 0.915. The molecule has 1 fully saturated rings. The van der Waals surface area contributed by atoms with Crippen LogP contribution in [-0.2, 0) is 4.79 Å². The molecule has 0 bridgehead atoms. The lowest BCUT2D eigenvalue weighted by Crippen LogP contribution is -2.56. The molecule has 2 aliphatic carbocycles. The lowest BCUT2D eigenvalue weighted by molar-refractivity contribution is -0.125. The minimum absolute atomic E-state index is 0.266. The maximum absolute atomic E-state index is 13.1. The normalized spacial score (nSPS) is 28.4. The summed E-state index contributed by atoms with van der Waals surface area (Å²) in [4.78, 5) is 13.1. The van der Waals surface area contributed by atoms with Gasteiger partial charge < -0.3 is 0 Å². The van der Waals surface area contributed by atoms with Gasteiger partial charge in [-0.1, -0.05) is 112 Å². The number of halogens is 1. The van der Waals surface area contributed by atoms with E-state index >= 15 is 0 Å². The highest BCUT2D eigenvalue weighted by Crippen LogP contribution is 2.57. The molecular weight excluding hydrogens is 452 g/mol. The molecule has 0 heterocycles. The third kappa shape index (κ3) is 4.20. The zero-order valence-corrected chi connectivity index (χ0v) is 24.0. The van der Waals surface area contributed by atoms with Gasteiger partial charge in [0, 0.05) is 6.42 Å². The molecule has 4 heteroatoms. The van der Waals surface area contributed by atoms with Gasteiger partial charge in [0.2, 0.25) is 0 Å². The van der Waals surface area contributed by atoms with E-state index in [0.717, 1.165) is 24.4 Å². The van der Waals surface area contributed by atoms with Crippen LogP contribution in [0.4, 0.5) is 0 Å². The zero-order chi connectivity index (χ0) is 21.9. The number of carbonyl (C=O) groups is 1. The Morgan fingerprint density at radius 2 is 1.45 bits per heavy atom. The summed E-state index contributed by atoms with van der Waals surface area (Å²) in [5.41, 5.74) is 1.83. The average molecular weight is 500 g/mol. The van der Waals surface area contributed by atoms with Crippen LogP contribution < -0.4 is 0 Å². The van der Waals surface area contributed by atoms with E-state index in [4.69, 9.17) is 0 Å². The van der Waals surface area contributed by atoms with Crippen molar-refractivity contribution in [1.29, 1.82) is 0 Å². The van der Waals surface area contributed by atoms with E-state index in [1.165, 1.54) is 49.1 Å². The fourth-order valence-electron chi connectivity index (χ4n) is 7.42. The Balaban J connectivity index is 2.67. The van der Waals surface area contributed by atoms with Gasteiger partial charge in [-0.15, -0.1) is 0 Å². The number of ketones is 1. The van der Waals surface area contributed by atoms with E-state index in [1.807, 2.05) is 5.57 Å². The molecule has 0 aromatic rings. The summed E-state index contributed by atoms with van der Waals surface area (Å²) in [5.74, 6) is 1.40. The monoisotopic (exact) mass is 498 g/mol. The van der Waals surface area contributed by atoms with Gasteiger partial charge in [-0.25, -0.2) is 0 Å². The van der Waals surface area contributed by atoms with Crippen LogP contribution in [0.1, 0.15) is 80.6 Å². The van der Waals surface area contributed by atoms with E-state index in [-0.39, 0.29) is 4.32 Å². The maximum atomic E-state index is 13.1. The number of rotatable bonds is 10. The maximum Gasteiger partial charge on any atom is 0.150 e. The molecule has 0 radical (unpaired) electrons. The average Bonchev–Trinajstić information content (AvgIpc) is 2.75. The van der Waals surface area contributed by atoms with Gasteiger partial charge in [-0.05, 0) is 42.7 Å². The Labute approximate surface area is 192 Å². The third-order valence-corrected chi connectivity index (χ3v) is 26.7. The van der Waals surface area contributed by atoms with Crippen LogP contribution >= 0.6 is 15.9 Å². The lowest BCUT2D eigenvalue weighted by atomic mass is 9.65. The van der Waals surface area contributed by atoms with Crippen molar-refractivity contribution in [3.8, 4) is 0 Å². The van der Waals surface area contributed by atoms with Crippen LogP contribution in [0.15, 0.2) is 11.6 Å². The first-order valence-electron chi connectivity index (χ1n) is 12.7. The summed E-state index contributed by atoms with van der Waals surface area (Å²) < 4.78 is -0.266. The summed E-state index contributed by atoms with van der Waals surface area (Å²) in [7, 11) is -2.76. The van der Waals surface area contributed by atoms with Crippen LogP contribution in [0.3, 0.4) is 0 Å². The summed E-state index contributed by atoms with van der Waals surface area (Å²) in [6.45, 7) is 17.3. The number of Topliss-reactive ketones (excluding diaryl/α,β-unsaturated/α-hetero) is 1. The number of carbonyl (C=O) groups excluding carboxylic acids is 1. The van der Waals surface area contributed by atoms with Crippen molar-refractivity contribution in [2.45, 2.75) is 126 Å². The second kappa shape index (κ2) is 10.3. The van der Waals surface area contributed by atoms with Gasteiger partial charge in [0.15, 0.2) is 0 Å². The Morgan fingerprint density at radius 3 is 1.86 bits per heavy atom. The van der Waals surface area contributed by atoms with E-state index in [2.05, 4.69) is 70.5 Å². The number of hydrogen-bond acceptors (Lipinski definition) is 1.